The normalized spacial score (nSPS) is 16.8. The van der Waals surface area contributed by atoms with Crippen LogP contribution in [0.25, 0.3) is 6.08 Å². The maximum atomic E-state index is 12.5. The Morgan fingerprint density at radius 3 is 2.48 bits per heavy atom. The Labute approximate surface area is 139 Å². The molecule has 6 nitrogen and oxygen atoms in total. The first-order chi connectivity index (χ1) is 11.0. The highest BCUT2D eigenvalue weighted by molar-refractivity contribution is 9.10. The highest BCUT2D eigenvalue weighted by Crippen LogP contribution is 2.20. The second-order valence-corrected chi connectivity index (χ2v) is 5.62. The van der Waals surface area contributed by atoms with E-state index in [1.807, 2.05) is 18.2 Å². The van der Waals surface area contributed by atoms with Gasteiger partial charge < -0.3 is 4.42 Å². The van der Waals surface area contributed by atoms with E-state index in [9.17, 15) is 14.4 Å². The Kier molecular flexibility index (Phi) is 4.12. The van der Waals surface area contributed by atoms with Crippen LogP contribution < -0.4 is 5.32 Å². The molecule has 0 spiro atoms. The van der Waals surface area contributed by atoms with Crippen molar-refractivity contribution >= 4 is 39.9 Å². The molecule has 1 aromatic heterocycles. The van der Waals surface area contributed by atoms with E-state index >= 15 is 0 Å². The van der Waals surface area contributed by atoms with Gasteiger partial charge in [-0.15, -0.1) is 0 Å². The van der Waals surface area contributed by atoms with Gasteiger partial charge in [0, 0.05) is 0 Å². The number of rotatable bonds is 3. The lowest BCUT2D eigenvalue weighted by Crippen LogP contribution is -2.53. The number of benzene rings is 1. The number of carbonyl (C=O) groups excluding carboxylic acids is 3. The summed E-state index contributed by atoms with van der Waals surface area (Å²) in [6, 6.07) is 11.6. The first-order valence-electron chi connectivity index (χ1n) is 6.73. The van der Waals surface area contributed by atoms with Crippen molar-refractivity contribution in [3.05, 3.63) is 64.0 Å². The summed E-state index contributed by atoms with van der Waals surface area (Å²) in [5.41, 5.74) is 0.632. The van der Waals surface area contributed by atoms with Gasteiger partial charge in [0.15, 0.2) is 4.67 Å². The Morgan fingerprint density at radius 1 is 1.09 bits per heavy atom. The molecule has 23 heavy (non-hydrogen) atoms. The Morgan fingerprint density at radius 2 is 1.83 bits per heavy atom. The number of halogens is 1. The molecule has 0 bridgehead atoms. The van der Waals surface area contributed by atoms with Crippen LogP contribution in [-0.2, 0) is 16.1 Å². The summed E-state index contributed by atoms with van der Waals surface area (Å²) in [6.45, 7) is 0.0813. The number of nitrogens with one attached hydrogen (secondary N) is 1. The first-order valence-corrected chi connectivity index (χ1v) is 7.52. The van der Waals surface area contributed by atoms with Crippen molar-refractivity contribution in [1.82, 2.24) is 10.2 Å². The van der Waals surface area contributed by atoms with Gasteiger partial charge in [-0.05, 0) is 39.7 Å². The van der Waals surface area contributed by atoms with Gasteiger partial charge in [0.2, 0.25) is 0 Å². The fourth-order valence-electron chi connectivity index (χ4n) is 2.15. The zero-order valence-corrected chi connectivity index (χ0v) is 13.4. The summed E-state index contributed by atoms with van der Waals surface area (Å²) in [6.07, 6.45) is 1.31. The molecule has 1 aliphatic heterocycles. The van der Waals surface area contributed by atoms with Crippen molar-refractivity contribution in [3.63, 3.8) is 0 Å². The summed E-state index contributed by atoms with van der Waals surface area (Å²) < 4.78 is 5.74. The molecule has 3 rings (SSSR count). The van der Waals surface area contributed by atoms with E-state index in [-0.39, 0.29) is 12.1 Å². The minimum atomic E-state index is -0.739. The van der Waals surface area contributed by atoms with E-state index < -0.39 is 17.8 Å². The molecule has 1 aromatic carbocycles. The molecule has 0 saturated carbocycles. The molecule has 1 N–H and O–H groups in total. The maximum Gasteiger partial charge on any atom is 0.331 e. The molecule has 2 heterocycles. The number of nitrogens with zero attached hydrogens (tertiary/aromatic N) is 1. The van der Waals surface area contributed by atoms with Crippen LogP contribution in [0.1, 0.15) is 11.3 Å². The molecule has 1 fully saturated rings. The minimum absolute atomic E-state index is 0.0813. The van der Waals surface area contributed by atoms with E-state index in [0.29, 0.717) is 10.4 Å². The molecule has 1 saturated heterocycles. The fraction of sp³-hybridized carbons (Fsp3) is 0.0625. The highest BCUT2D eigenvalue weighted by Gasteiger charge is 2.35. The number of barbiturate groups is 1. The Bertz CT molecular complexity index is 810. The van der Waals surface area contributed by atoms with E-state index in [1.165, 1.54) is 6.08 Å². The summed E-state index contributed by atoms with van der Waals surface area (Å²) in [5, 5.41) is 2.16. The van der Waals surface area contributed by atoms with Crippen LogP contribution in [0.2, 0.25) is 0 Å². The first kappa shape index (κ1) is 15.2. The van der Waals surface area contributed by atoms with Crippen molar-refractivity contribution in [1.29, 1.82) is 0 Å². The zero-order chi connectivity index (χ0) is 16.4. The molecule has 0 atom stereocenters. The van der Waals surface area contributed by atoms with Crippen LogP contribution in [0.3, 0.4) is 0 Å². The average Bonchev–Trinajstić information content (AvgIpc) is 2.94. The number of hydrogen-bond donors (Lipinski definition) is 1. The number of imide groups is 2. The second kappa shape index (κ2) is 6.21. The van der Waals surface area contributed by atoms with E-state index in [1.54, 1.807) is 24.3 Å². The highest BCUT2D eigenvalue weighted by atomic mass is 79.9. The standard InChI is InChI=1S/C16H11BrN2O4/c17-13-7-6-11(23-13)8-12-14(20)18-16(22)19(15(12)21)9-10-4-2-1-3-5-10/h1-8H,9H2,(H,18,20,22). The third-order valence-corrected chi connectivity index (χ3v) is 3.68. The lowest BCUT2D eigenvalue weighted by atomic mass is 10.1. The average molecular weight is 375 g/mol. The van der Waals surface area contributed by atoms with Gasteiger partial charge in [-0.1, -0.05) is 30.3 Å². The maximum absolute atomic E-state index is 12.5. The molecule has 116 valence electrons. The van der Waals surface area contributed by atoms with E-state index in [4.69, 9.17) is 4.42 Å². The third-order valence-electron chi connectivity index (χ3n) is 3.25. The SMILES string of the molecule is O=C1NC(=O)N(Cc2ccccc2)C(=O)C1=Cc1ccc(Br)o1. The van der Waals surface area contributed by atoms with Crippen LogP contribution in [0.5, 0.6) is 0 Å². The summed E-state index contributed by atoms with van der Waals surface area (Å²) in [7, 11) is 0. The minimum Gasteiger partial charge on any atom is -0.450 e. The Hall–Kier alpha value is -2.67. The number of urea groups is 1. The molecule has 0 aliphatic carbocycles. The van der Waals surface area contributed by atoms with Gasteiger partial charge in [0.25, 0.3) is 11.8 Å². The quantitative estimate of drug-likeness (QED) is 0.661. The molecule has 0 unspecified atom stereocenters. The van der Waals surface area contributed by atoms with E-state index in [0.717, 1.165) is 10.5 Å². The molecule has 7 heteroatoms. The van der Waals surface area contributed by atoms with Crippen molar-refractivity contribution in [2.24, 2.45) is 0 Å². The summed E-state index contributed by atoms with van der Waals surface area (Å²) in [5.74, 6) is -1.06. The topological polar surface area (TPSA) is 79.6 Å². The van der Waals surface area contributed by atoms with Gasteiger partial charge in [0.1, 0.15) is 11.3 Å². The summed E-state index contributed by atoms with van der Waals surface area (Å²) >= 11 is 3.15. The van der Waals surface area contributed by atoms with Crippen LogP contribution in [0.4, 0.5) is 4.79 Å². The van der Waals surface area contributed by atoms with Gasteiger partial charge in [0.05, 0.1) is 6.54 Å². The number of amides is 4. The predicted octanol–water partition coefficient (Wildman–Crippen LogP) is 2.70. The van der Waals surface area contributed by atoms with Gasteiger partial charge in [-0.2, -0.15) is 0 Å². The second-order valence-electron chi connectivity index (χ2n) is 4.84. The van der Waals surface area contributed by atoms with E-state index in [2.05, 4.69) is 21.2 Å². The zero-order valence-electron chi connectivity index (χ0n) is 11.8. The molecule has 4 amide bonds. The molecule has 0 radical (unpaired) electrons. The van der Waals surface area contributed by atoms with Gasteiger partial charge in [-0.3, -0.25) is 19.8 Å². The fourth-order valence-corrected chi connectivity index (χ4v) is 2.47. The lowest BCUT2D eigenvalue weighted by Gasteiger charge is -2.26. The van der Waals surface area contributed by atoms with Gasteiger partial charge >= 0.3 is 6.03 Å². The van der Waals surface area contributed by atoms with Crippen LogP contribution in [0, 0.1) is 0 Å². The molecule has 1 aliphatic rings. The number of furan rings is 1. The smallest absolute Gasteiger partial charge is 0.331 e. The van der Waals surface area contributed by atoms with Crippen LogP contribution >= 0.6 is 15.9 Å². The Balaban J connectivity index is 1.89. The third kappa shape index (κ3) is 3.24. The monoisotopic (exact) mass is 374 g/mol. The molecular formula is C16H11BrN2O4. The lowest BCUT2D eigenvalue weighted by molar-refractivity contribution is -0.130. The van der Waals surface area contributed by atoms with Crippen LogP contribution in [0.15, 0.2) is 57.1 Å². The summed E-state index contributed by atoms with van der Waals surface area (Å²) in [4.78, 5) is 37.3. The molecular weight excluding hydrogens is 364 g/mol. The van der Waals surface area contributed by atoms with Crippen molar-refractivity contribution in [3.8, 4) is 0 Å². The van der Waals surface area contributed by atoms with Crippen LogP contribution in [-0.4, -0.2) is 22.7 Å². The molecule has 2 aromatic rings. The van der Waals surface area contributed by atoms with Crippen molar-refractivity contribution < 1.29 is 18.8 Å². The number of carbonyl (C=O) groups is 3. The number of hydrogen-bond acceptors (Lipinski definition) is 4. The predicted molar refractivity (Wildman–Crippen MR) is 84.9 cm³/mol. The van der Waals surface area contributed by atoms with Crippen molar-refractivity contribution in [2.75, 3.05) is 0 Å². The van der Waals surface area contributed by atoms with Gasteiger partial charge in [-0.25, -0.2) is 4.79 Å². The largest absolute Gasteiger partial charge is 0.450 e. The van der Waals surface area contributed by atoms with Crippen molar-refractivity contribution in [2.45, 2.75) is 6.54 Å².